The first kappa shape index (κ1) is 14.6. The number of benzene rings is 1. The van der Waals surface area contributed by atoms with Gasteiger partial charge in [-0.15, -0.1) is 11.6 Å². The molecule has 1 rings (SSSR count). The second kappa shape index (κ2) is 5.44. The molecule has 0 aliphatic rings. The minimum Gasteiger partial charge on any atom is -0.126 e. The summed E-state index contributed by atoms with van der Waals surface area (Å²) in [6.07, 6.45) is 2.19. The highest BCUT2D eigenvalue weighted by Crippen LogP contribution is 2.29. The average Bonchev–Trinajstić information content (AvgIpc) is 2.28. The molecular formula is C16H25Cl. The van der Waals surface area contributed by atoms with Gasteiger partial charge in [-0.05, 0) is 34.8 Å². The fraction of sp³-hybridized carbons (Fsp3) is 0.625. The summed E-state index contributed by atoms with van der Waals surface area (Å²) in [5.74, 6) is 0.727. The van der Waals surface area contributed by atoms with Gasteiger partial charge in [0, 0.05) is 5.88 Å². The summed E-state index contributed by atoms with van der Waals surface area (Å²) in [5.41, 5.74) is 3.25. The van der Waals surface area contributed by atoms with Crippen LogP contribution in [0.3, 0.4) is 0 Å². The van der Waals surface area contributed by atoms with Gasteiger partial charge in [-0.2, -0.15) is 0 Å². The van der Waals surface area contributed by atoms with Gasteiger partial charge in [0.1, 0.15) is 0 Å². The highest BCUT2D eigenvalue weighted by molar-refractivity contribution is 6.18. The van der Waals surface area contributed by atoms with Gasteiger partial charge in [0.25, 0.3) is 0 Å². The van der Waals surface area contributed by atoms with E-state index in [9.17, 15) is 0 Å². The smallest absolute Gasteiger partial charge is 0.0280 e. The standard InChI is InChI=1S/C16H25Cl/c1-6-16(5,12-17)11-13-7-9-14(10-8-13)15(2,3)4/h7-10H,6,11-12H2,1-5H3. The van der Waals surface area contributed by atoms with Crippen LogP contribution in [0.4, 0.5) is 0 Å². The highest BCUT2D eigenvalue weighted by atomic mass is 35.5. The Morgan fingerprint density at radius 1 is 1.00 bits per heavy atom. The van der Waals surface area contributed by atoms with Crippen LogP contribution in [0.25, 0.3) is 0 Å². The zero-order valence-corrected chi connectivity index (χ0v) is 12.6. The van der Waals surface area contributed by atoms with Crippen molar-refractivity contribution in [2.75, 3.05) is 5.88 Å². The van der Waals surface area contributed by atoms with Crippen molar-refractivity contribution >= 4 is 11.6 Å². The summed E-state index contributed by atoms with van der Waals surface area (Å²) in [5, 5.41) is 0. The van der Waals surface area contributed by atoms with Crippen molar-refractivity contribution in [3.05, 3.63) is 35.4 Å². The summed E-state index contributed by atoms with van der Waals surface area (Å²) in [4.78, 5) is 0. The second-order valence-electron chi connectivity index (χ2n) is 6.42. The summed E-state index contributed by atoms with van der Waals surface area (Å²) in [6, 6.07) is 9.00. The molecule has 1 aromatic carbocycles. The number of alkyl halides is 1. The Balaban J connectivity index is 2.82. The molecule has 1 aromatic rings. The molecule has 0 spiro atoms. The van der Waals surface area contributed by atoms with Crippen molar-refractivity contribution in [1.82, 2.24) is 0 Å². The Kier molecular flexibility index (Phi) is 4.66. The van der Waals surface area contributed by atoms with E-state index >= 15 is 0 Å². The first-order valence-electron chi connectivity index (χ1n) is 6.46. The van der Waals surface area contributed by atoms with Gasteiger partial charge >= 0.3 is 0 Å². The fourth-order valence-electron chi connectivity index (χ4n) is 1.88. The molecule has 0 radical (unpaired) electrons. The molecule has 1 unspecified atom stereocenters. The van der Waals surface area contributed by atoms with E-state index in [0.717, 1.165) is 18.7 Å². The second-order valence-corrected chi connectivity index (χ2v) is 6.69. The normalized spacial score (nSPS) is 15.6. The molecule has 0 saturated heterocycles. The molecule has 0 aromatic heterocycles. The van der Waals surface area contributed by atoms with Crippen LogP contribution in [0.15, 0.2) is 24.3 Å². The third-order valence-electron chi connectivity index (χ3n) is 3.63. The van der Waals surface area contributed by atoms with Gasteiger partial charge < -0.3 is 0 Å². The lowest BCUT2D eigenvalue weighted by molar-refractivity contribution is 0.355. The van der Waals surface area contributed by atoms with E-state index in [1.165, 1.54) is 11.1 Å². The van der Waals surface area contributed by atoms with E-state index in [2.05, 4.69) is 58.9 Å². The first-order valence-corrected chi connectivity index (χ1v) is 6.99. The minimum absolute atomic E-state index is 0.227. The van der Waals surface area contributed by atoms with E-state index in [4.69, 9.17) is 11.6 Å². The molecule has 1 atom stereocenters. The van der Waals surface area contributed by atoms with Crippen molar-refractivity contribution in [3.8, 4) is 0 Å². The highest BCUT2D eigenvalue weighted by Gasteiger charge is 2.21. The lowest BCUT2D eigenvalue weighted by atomic mass is 9.81. The zero-order chi connectivity index (χ0) is 13.1. The summed E-state index contributed by atoms with van der Waals surface area (Å²) in [6.45, 7) is 11.2. The Morgan fingerprint density at radius 2 is 1.53 bits per heavy atom. The third-order valence-corrected chi connectivity index (χ3v) is 4.27. The maximum Gasteiger partial charge on any atom is 0.0280 e. The van der Waals surface area contributed by atoms with Crippen molar-refractivity contribution in [1.29, 1.82) is 0 Å². The van der Waals surface area contributed by atoms with Crippen LogP contribution in [0.1, 0.15) is 52.2 Å². The Labute approximate surface area is 111 Å². The van der Waals surface area contributed by atoms with Gasteiger partial charge in [0.05, 0.1) is 0 Å². The van der Waals surface area contributed by atoms with Gasteiger partial charge in [-0.25, -0.2) is 0 Å². The van der Waals surface area contributed by atoms with Gasteiger partial charge in [-0.3, -0.25) is 0 Å². The third kappa shape index (κ3) is 4.03. The lowest BCUT2D eigenvalue weighted by Crippen LogP contribution is -2.20. The first-order chi connectivity index (χ1) is 7.80. The summed E-state index contributed by atoms with van der Waals surface area (Å²) >= 11 is 6.06. The van der Waals surface area contributed by atoms with Crippen LogP contribution in [0.5, 0.6) is 0 Å². The SMILES string of the molecule is CCC(C)(CCl)Cc1ccc(C(C)(C)C)cc1. The molecular weight excluding hydrogens is 228 g/mol. The maximum absolute atomic E-state index is 6.06. The summed E-state index contributed by atoms with van der Waals surface area (Å²) in [7, 11) is 0. The van der Waals surface area contributed by atoms with Crippen LogP contribution in [0, 0.1) is 5.41 Å². The van der Waals surface area contributed by atoms with Gasteiger partial charge in [0.2, 0.25) is 0 Å². The average molecular weight is 253 g/mol. The molecule has 0 aliphatic heterocycles. The summed E-state index contributed by atoms with van der Waals surface area (Å²) < 4.78 is 0. The Bertz CT molecular complexity index is 339. The van der Waals surface area contributed by atoms with Crippen LogP contribution < -0.4 is 0 Å². The molecule has 0 amide bonds. The van der Waals surface area contributed by atoms with E-state index in [-0.39, 0.29) is 10.8 Å². The predicted octanol–water partition coefficient (Wildman–Crippen LogP) is 5.18. The van der Waals surface area contributed by atoms with E-state index in [0.29, 0.717) is 0 Å². The number of hydrogen-bond donors (Lipinski definition) is 0. The lowest BCUT2D eigenvalue weighted by Gasteiger charge is -2.26. The molecule has 1 heteroatoms. The van der Waals surface area contributed by atoms with E-state index < -0.39 is 0 Å². The van der Waals surface area contributed by atoms with Crippen molar-refractivity contribution in [2.45, 2.75) is 52.9 Å². The quantitative estimate of drug-likeness (QED) is 0.648. The molecule has 0 fully saturated rings. The molecule has 96 valence electrons. The van der Waals surface area contributed by atoms with E-state index in [1.807, 2.05) is 0 Å². The topological polar surface area (TPSA) is 0 Å². The van der Waals surface area contributed by atoms with Crippen molar-refractivity contribution in [2.24, 2.45) is 5.41 Å². The molecule has 0 aliphatic carbocycles. The molecule has 0 N–H and O–H groups in total. The molecule has 0 saturated carbocycles. The molecule has 0 nitrogen and oxygen atoms in total. The molecule has 17 heavy (non-hydrogen) atoms. The number of hydrogen-bond acceptors (Lipinski definition) is 0. The van der Waals surface area contributed by atoms with Gasteiger partial charge in [0.15, 0.2) is 0 Å². The Hall–Kier alpha value is -0.490. The maximum atomic E-state index is 6.06. The van der Waals surface area contributed by atoms with Crippen molar-refractivity contribution in [3.63, 3.8) is 0 Å². The minimum atomic E-state index is 0.227. The van der Waals surface area contributed by atoms with Crippen LogP contribution >= 0.6 is 11.6 Å². The predicted molar refractivity (Wildman–Crippen MR) is 78.0 cm³/mol. The fourth-order valence-corrected chi connectivity index (χ4v) is 2.17. The zero-order valence-electron chi connectivity index (χ0n) is 11.8. The molecule has 0 heterocycles. The largest absolute Gasteiger partial charge is 0.126 e. The van der Waals surface area contributed by atoms with Crippen molar-refractivity contribution < 1.29 is 0 Å². The van der Waals surface area contributed by atoms with Crippen LogP contribution in [-0.2, 0) is 11.8 Å². The monoisotopic (exact) mass is 252 g/mol. The Morgan fingerprint density at radius 3 is 1.88 bits per heavy atom. The van der Waals surface area contributed by atoms with Crippen LogP contribution in [0.2, 0.25) is 0 Å². The number of rotatable bonds is 4. The van der Waals surface area contributed by atoms with E-state index in [1.54, 1.807) is 0 Å². The van der Waals surface area contributed by atoms with Gasteiger partial charge in [-0.1, -0.05) is 58.9 Å². The molecule has 0 bridgehead atoms. The number of halogens is 1. The van der Waals surface area contributed by atoms with Crippen LogP contribution in [-0.4, -0.2) is 5.88 Å².